The lowest BCUT2D eigenvalue weighted by Gasteiger charge is -2.10. The number of benzene rings is 2. The van der Waals surface area contributed by atoms with Crippen molar-refractivity contribution in [3.8, 4) is 22.5 Å². The topological polar surface area (TPSA) is 208 Å². The fourth-order valence-electron chi connectivity index (χ4n) is 4.83. The zero-order valence-electron chi connectivity index (χ0n) is 28.6. The number of rotatable bonds is 11. The first kappa shape index (κ1) is 41.1. The van der Waals surface area contributed by atoms with Gasteiger partial charge in [-0.05, 0) is 73.3 Å². The average Bonchev–Trinajstić information content (AvgIpc) is 3.82. The van der Waals surface area contributed by atoms with Crippen LogP contribution in [0.15, 0.2) is 144 Å². The van der Waals surface area contributed by atoms with Crippen LogP contribution in [0.1, 0.15) is 15.9 Å². The van der Waals surface area contributed by atoms with Gasteiger partial charge in [0.05, 0.1) is 32.3 Å². The van der Waals surface area contributed by atoms with Gasteiger partial charge in [0.15, 0.2) is 6.29 Å². The fraction of sp³-hybridized carbons (Fsp3) is 0.0541. The predicted molar refractivity (Wildman–Crippen MR) is 196 cm³/mol. The summed E-state index contributed by atoms with van der Waals surface area (Å²) in [4.78, 5) is 37.5. The molecule has 0 aliphatic rings. The molecule has 6 rings (SSSR count). The van der Waals surface area contributed by atoms with E-state index in [1.54, 1.807) is 55.6 Å². The third-order valence-electron chi connectivity index (χ3n) is 7.21. The Morgan fingerprint density at radius 3 is 1.53 bits per heavy atom. The van der Waals surface area contributed by atoms with Crippen molar-refractivity contribution in [1.29, 1.82) is 0 Å². The molecular weight excluding hydrogens is 761 g/mol. The van der Waals surface area contributed by atoms with Gasteiger partial charge in [-0.2, -0.15) is 8.78 Å². The molecule has 3 N–H and O–H groups in total. The normalized spacial score (nSPS) is 11.2. The zero-order chi connectivity index (χ0) is 40.2. The van der Waals surface area contributed by atoms with Gasteiger partial charge in [-0.15, -0.1) is 0 Å². The predicted octanol–water partition coefficient (Wildman–Crippen LogP) is 5.10. The molecular formula is C37H31F2N5O9S2. The molecule has 4 heterocycles. The van der Waals surface area contributed by atoms with Crippen molar-refractivity contribution in [2.24, 2.45) is 0 Å². The fourth-order valence-corrected chi connectivity index (χ4v) is 7.64. The van der Waals surface area contributed by atoms with Gasteiger partial charge in [0.2, 0.25) is 11.9 Å². The number of aliphatic carboxylic acids is 2. The second-order valence-corrected chi connectivity index (χ2v) is 14.6. The van der Waals surface area contributed by atoms with Crippen molar-refractivity contribution < 1.29 is 50.2 Å². The molecule has 0 aliphatic carbocycles. The van der Waals surface area contributed by atoms with Crippen LogP contribution in [0.4, 0.5) is 8.78 Å². The number of carboxylic acid groups (broad SMARTS) is 2. The lowest BCUT2D eigenvalue weighted by molar-refractivity contribution is -0.134. The summed E-state index contributed by atoms with van der Waals surface area (Å²) in [6.07, 6.45) is 6.88. The van der Waals surface area contributed by atoms with Gasteiger partial charge in [0.1, 0.15) is 0 Å². The standard InChI is InChI=1S/C17H16FN3O2S.C16H11FN2O3S.C4H4O4/c1-19-11-13-10-16(15-8-5-9-20-17(15)18)21(12-13)24(22,23)14-6-3-2-4-7-14;17-16-14(7-4-8-18-16)15-9-12(11-20)10-19(15)23(21,22)13-5-2-1-3-6-13;5-3(6)1-2-4(7)8/h2-10,12,19H,11H2,1H3;1-11H;1-2H,(H,5,6)(H,7,8)/b;;2-1+. The van der Waals surface area contributed by atoms with Gasteiger partial charge < -0.3 is 15.5 Å². The molecule has 0 saturated carbocycles. The Hall–Kier alpha value is -6.63. The number of hydrogen-bond donors (Lipinski definition) is 3. The van der Waals surface area contributed by atoms with Crippen molar-refractivity contribution in [3.05, 3.63) is 157 Å². The van der Waals surface area contributed by atoms with E-state index in [1.165, 1.54) is 67.1 Å². The summed E-state index contributed by atoms with van der Waals surface area (Å²) in [7, 11) is -6.04. The van der Waals surface area contributed by atoms with Crippen molar-refractivity contribution >= 4 is 38.3 Å². The Morgan fingerprint density at radius 1 is 0.691 bits per heavy atom. The molecule has 6 aromatic rings. The summed E-state index contributed by atoms with van der Waals surface area (Å²) in [6, 6.07) is 24.7. The molecule has 18 heteroatoms. The van der Waals surface area contributed by atoms with Crippen LogP contribution in [0, 0.1) is 11.9 Å². The van der Waals surface area contributed by atoms with Gasteiger partial charge in [0.25, 0.3) is 20.0 Å². The highest BCUT2D eigenvalue weighted by atomic mass is 32.2. The zero-order valence-corrected chi connectivity index (χ0v) is 30.2. The summed E-state index contributed by atoms with van der Waals surface area (Å²) >= 11 is 0. The van der Waals surface area contributed by atoms with E-state index in [9.17, 15) is 40.0 Å². The van der Waals surface area contributed by atoms with E-state index in [4.69, 9.17) is 10.2 Å². The maximum Gasteiger partial charge on any atom is 0.328 e. The summed E-state index contributed by atoms with van der Waals surface area (Å²) in [6.45, 7) is 0.464. The van der Waals surface area contributed by atoms with Gasteiger partial charge in [-0.1, -0.05) is 36.4 Å². The number of aromatic nitrogens is 4. The molecule has 4 aromatic heterocycles. The van der Waals surface area contributed by atoms with E-state index in [1.807, 2.05) is 0 Å². The van der Waals surface area contributed by atoms with Crippen molar-refractivity contribution in [2.75, 3.05) is 7.05 Å². The van der Waals surface area contributed by atoms with Crippen LogP contribution in [0.5, 0.6) is 0 Å². The first-order valence-corrected chi connectivity index (χ1v) is 18.6. The van der Waals surface area contributed by atoms with Crippen LogP contribution in [-0.2, 0) is 36.2 Å². The van der Waals surface area contributed by atoms with E-state index in [0.717, 1.165) is 19.7 Å². The average molecular weight is 792 g/mol. The number of hydrogen-bond acceptors (Lipinski definition) is 10. The molecule has 14 nitrogen and oxygen atoms in total. The number of carbonyl (C=O) groups excluding carboxylic acids is 1. The van der Waals surface area contributed by atoms with E-state index >= 15 is 0 Å². The van der Waals surface area contributed by atoms with Gasteiger partial charge in [-0.25, -0.2) is 44.3 Å². The monoisotopic (exact) mass is 791 g/mol. The molecule has 2 aromatic carbocycles. The minimum atomic E-state index is -3.96. The molecule has 0 radical (unpaired) electrons. The molecule has 0 spiro atoms. The van der Waals surface area contributed by atoms with Crippen LogP contribution >= 0.6 is 0 Å². The number of carbonyl (C=O) groups is 3. The summed E-state index contributed by atoms with van der Waals surface area (Å²) in [5, 5.41) is 18.6. The molecule has 0 amide bonds. The summed E-state index contributed by atoms with van der Waals surface area (Å²) in [5.41, 5.74) is 1.29. The number of halogens is 2. The first-order chi connectivity index (χ1) is 26.2. The molecule has 0 saturated heterocycles. The first-order valence-electron chi connectivity index (χ1n) is 15.7. The maximum absolute atomic E-state index is 14.1. The number of carboxylic acids is 2. The van der Waals surface area contributed by atoms with Crippen molar-refractivity contribution in [3.63, 3.8) is 0 Å². The highest BCUT2D eigenvalue weighted by Crippen LogP contribution is 2.29. The molecule has 284 valence electrons. The highest BCUT2D eigenvalue weighted by molar-refractivity contribution is 7.90. The number of nitrogens with one attached hydrogen (secondary N) is 1. The van der Waals surface area contributed by atoms with Crippen LogP contribution in [0.2, 0.25) is 0 Å². The maximum atomic E-state index is 14.1. The van der Waals surface area contributed by atoms with Crippen LogP contribution in [0.3, 0.4) is 0 Å². The van der Waals surface area contributed by atoms with E-state index in [0.29, 0.717) is 25.0 Å². The Kier molecular flexibility index (Phi) is 13.8. The van der Waals surface area contributed by atoms with Crippen LogP contribution in [-0.4, -0.2) is 70.2 Å². The number of pyridine rings is 2. The smallest absolute Gasteiger partial charge is 0.328 e. The Morgan fingerprint density at radius 2 is 1.13 bits per heavy atom. The molecule has 55 heavy (non-hydrogen) atoms. The second-order valence-electron chi connectivity index (χ2n) is 11.0. The Labute approximate surface area is 313 Å². The van der Waals surface area contributed by atoms with Crippen LogP contribution in [0.25, 0.3) is 22.5 Å². The van der Waals surface area contributed by atoms with Gasteiger partial charge >= 0.3 is 11.9 Å². The number of aldehydes is 1. The third-order valence-corrected chi connectivity index (χ3v) is 10.6. The summed E-state index contributed by atoms with van der Waals surface area (Å²) < 4.78 is 81.5. The molecule has 0 aliphatic heterocycles. The SMILES string of the molecule is CNCc1cc(-c2cccnc2F)n(S(=O)(=O)c2ccccc2)c1.O=C(O)/C=C/C(=O)O.O=Cc1cc(-c2cccnc2F)n(S(=O)(=O)c2ccccc2)c1. The van der Waals surface area contributed by atoms with Gasteiger partial charge in [-0.3, -0.25) is 4.79 Å². The number of nitrogens with zero attached hydrogens (tertiary/aromatic N) is 4. The van der Waals surface area contributed by atoms with Crippen LogP contribution < -0.4 is 5.32 Å². The van der Waals surface area contributed by atoms with E-state index < -0.39 is 43.9 Å². The van der Waals surface area contributed by atoms with Crippen molar-refractivity contribution in [1.82, 2.24) is 23.2 Å². The largest absolute Gasteiger partial charge is 0.478 e. The molecule has 0 unspecified atom stereocenters. The molecule has 0 fully saturated rings. The van der Waals surface area contributed by atoms with Gasteiger partial charge in [0, 0.05) is 49.0 Å². The second kappa shape index (κ2) is 18.4. The minimum absolute atomic E-state index is 0.0000983. The Bertz CT molecular complexity index is 2530. The van der Waals surface area contributed by atoms with E-state index in [2.05, 4.69) is 15.3 Å². The Balaban J connectivity index is 0.000000205. The minimum Gasteiger partial charge on any atom is -0.478 e. The quantitative estimate of drug-likeness (QED) is 0.0891. The lowest BCUT2D eigenvalue weighted by atomic mass is 10.2. The molecule has 0 bridgehead atoms. The summed E-state index contributed by atoms with van der Waals surface area (Å²) in [5.74, 6) is -4.04. The lowest BCUT2D eigenvalue weighted by Crippen LogP contribution is -2.13. The van der Waals surface area contributed by atoms with Crippen molar-refractivity contribution in [2.45, 2.75) is 16.3 Å². The van der Waals surface area contributed by atoms with E-state index in [-0.39, 0.29) is 37.9 Å². The molecule has 0 atom stereocenters. The highest BCUT2D eigenvalue weighted by Gasteiger charge is 2.24. The third kappa shape index (κ3) is 10.3.